The van der Waals surface area contributed by atoms with Crippen molar-refractivity contribution in [2.24, 2.45) is 5.92 Å². The average Bonchev–Trinajstić information content (AvgIpc) is 2.77. The van der Waals surface area contributed by atoms with Crippen LogP contribution in [-0.2, 0) is 30.5 Å². The Balaban J connectivity index is 2.45. The highest BCUT2D eigenvalue weighted by Crippen LogP contribution is 2.45. The van der Waals surface area contributed by atoms with E-state index in [0.717, 1.165) is 4.90 Å². The number of carbonyl (C=O) groups excluding carboxylic acids is 4. The number of aliphatic hydroxyl groups excluding tert-OH is 1. The van der Waals surface area contributed by atoms with Gasteiger partial charge in [-0.25, -0.2) is 4.79 Å². The number of benzene rings is 1. The van der Waals surface area contributed by atoms with Gasteiger partial charge in [-0.15, -0.1) is 18.3 Å². The largest absolute Gasteiger partial charge is 0.456 e. The number of aliphatic hydroxyl groups is 1. The third-order valence-electron chi connectivity index (χ3n) is 4.61. The minimum Gasteiger partial charge on any atom is -0.456 e. The molecule has 1 aliphatic rings. The molecule has 0 aromatic heterocycles. The van der Waals surface area contributed by atoms with Crippen LogP contribution in [0.5, 0.6) is 0 Å². The van der Waals surface area contributed by atoms with Crippen molar-refractivity contribution in [3.8, 4) is 0 Å². The van der Waals surface area contributed by atoms with Gasteiger partial charge in [0.1, 0.15) is 6.61 Å². The van der Waals surface area contributed by atoms with Gasteiger partial charge in [-0.1, -0.05) is 6.08 Å². The van der Waals surface area contributed by atoms with E-state index in [9.17, 15) is 34.4 Å². The van der Waals surface area contributed by atoms with Crippen molar-refractivity contribution in [1.29, 1.82) is 0 Å². The first-order chi connectivity index (χ1) is 16.5. The summed E-state index contributed by atoms with van der Waals surface area (Å²) in [5.41, 5.74) is 0.0598. The minimum absolute atomic E-state index is 0.0136. The molecule has 0 spiro atoms. The summed E-state index contributed by atoms with van der Waals surface area (Å²) in [5, 5.41) is 19.5. The predicted octanol–water partition coefficient (Wildman–Crippen LogP) is 3.45. The molecule has 0 radical (unpaired) electrons. The lowest BCUT2D eigenvalue weighted by molar-refractivity contribution is -0.384. The average molecular weight is 541 g/mol. The Hall–Kier alpha value is -2.61. The van der Waals surface area contributed by atoms with Gasteiger partial charge in [0.2, 0.25) is 5.91 Å². The Morgan fingerprint density at radius 1 is 1.23 bits per heavy atom. The van der Waals surface area contributed by atoms with Gasteiger partial charge in [0, 0.05) is 31.7 Å². The van der Waals surface area contributed by atoms with Crippen molar-refractivity contribution in [3.63, 3.8) is 0 Å². The van der Waals surface area contributed by atoms with Gasteiger partial charge >= 0.3 is 5.97 Å². The number of ether oxygens (including phenoxy) is 1. The third kappa shape index (κ3) is 7.43. The van der Waals surface area contributed by atoms with Crippen molar-refractivity contribution in [1.82, 2.24) is 4.90 Å². The summed E-state index contributed by atoms with van der Waals surface area (Å²) < 4.78 is 5.37. The molecular weight excluding hydrogens is 516 g/mol. The standard InChI is InChI=1S/C22H24N2O8S3/c1-5-10-33-20-17(12(2)25)19(28)23(20)18(22(34-13(3)26)35-14(4)27)21(29)32-11-15-6-8-16(9-7-15)24(30)31/h5-9,12,17,20,25H,1,10-11H2,2-4H3/t12-,17+,20-/m1/s1. The maximum absolute atomic E-state index is 13.2. The molecule has 10 nitrogen and oxygen atoms in total. The topological polar surface area (TPSA) is 144 Å². The molecule has 0 unspecified atom stereocenters. The molecule has 188 valence electrons. The van der Waals surface area contributed by atoms with Crippen molar-refractivity contribution in [2.75, 3.05) is 5.75 Å². The minimum atomic E-state index is -0.997. The zero-order valence-corrected chi connectivity index (χ0v) is 21.6. The highest BCUT2D eigenvalue weighted by molar-refractivity contribution is 8.34. The van der Waals surface area contributed by atoms with E-state index in [1.807, 2.05) is 0 Å². The van der Waals surface area contributed by atoms with Crippen molar-refractivity contribution in [2.45, 2.75) is 38.9 Å². The number of rotatable bonds is 11. The van der Waals surface area contributed by atoms with Crippen molar-refractivity contribution >= 4 is 63.1 Å². The Labute approximate surface area is 214 Å². The first-order valence-electron chi connectivity index (χ1n) is 10.2. The van der Waals surface area contributed by atoms with Gasteiger partial charge in [0.15, 0.2) is 15.9 Å². The quantitative estimate of drug-likeness (QED) is 0.110. The van der Waals surface area contributed by atoms with Gasteiger partial charge in [-0.3, -0.25) is 29.4 Å². The molecule has 1 amide bonds. The number of non-ortho nitro benzene ring substituents is 1. The van der Waals surface area contributed by atoms with Gasteiger partial charge in [-0.2, -0.15) is 0 Å². The number of hydrogen-bond acceptors (Lipinski definition) is 11. The Bertz CT molecular complexity index is 1040. The van der Waals surface area contributed by atoms with E-state index < -0.39 is 44.4 Å². The van der Waals surface area contributed by atoms with E-state index in [4.69, 9.17) is 4.74 Å². The molecule has 3 atom stereocenters. The fourth-order valence-electron chi connectivity index (χ4n) is 3.10. The molecule has 1 aromatic rings. The Kier molecular flexibility index (Phi) is 10.6. The van der Waals surface area contributed by atoms with Gasteiger partial charge in [0.05, 0.1) is 26.6 Å². The first-order valence-corrected chi connectivity index (χ1v) is 12.9. The van der Waals surface area contributed by atoms with E-state index in [2.05, 4.69) is 6.58 Å². The molecule has 1 aromatic carbocycles. The van der Waals surface area contributed by atoms with E-state index >= 15 is 0 Å². The maximum Gasteiger partial charge on any atom is 0.357 e. The lowest BCUT2D eigenvalue weighted by atomic mass is 9.92. The van der Waals surface area contributed by atoms with Crippen LogP contribution in [0, 0.1) is 16.0 Å². The molecule has 2 rings (SSSR count). The summed E-state index contributed by atoms with van der Waals surface area (Å²) >= 11 is 2.52. The second kappa shape index (κ2) is 12.9. The molecule has 1 fully saturated rings. The number of nitrogens with zero attached hydrogens (tertiary/aromatic N) is 2. The molecule has 35 heavy (non-hydrogen) atoms. The molecule has 0 saturated carbocycles. The summed E-state index contributed by atoms with van der Waals surface area (Å²) in [4.78, 5) is 61.5. The number of nitro benzene ring substituents is 1. The molecule has 1 saturated heterocycles. The van der Waals surface area contributed by atoms with Crippen LogP contribution in [0.3, 0.4) is 0 Å². The van der Waals surface area contributed by atoms with Crippen LogP contribution >= 0.6 is 35.3 Å². The number of amides is 1. The number of thioether (sulfide) groups is 3. The van der Waals surface area contributed by atoms with Crippen LogP contribution in [0.2, 0.25) is 0 Å². The van der Waals surface area contributed by atoms with Crippen molar-refractivity contribution in [3.05, 3.63) is 62.5 Å². The van der Waals surface area contributed by atoms with Crippen LogP contribution in [0.25, 0.3) is 0 Å². The lowest BCUT2D eigenvalue weighted by Gasteiger charge is -2.48. The summed E-state index contributed by atoms with van der Waals surface area (Å²) in [5.74, 6) is -1.89. The number of hydrogen-bond donors (Lipinski definition) is 1. The van der Waals surface area contributed by atoms with E-state index in [0.29, 0.717) is 34.8 Å². The highest BCUT2D eigenvalue weighted by atomic mass is 32.2. The summed E-state index contributed by atoms with van der Waals surface area (Å²) in [6, 6.07) is 5.37. The second-order valence-electron chi connectivity index (χ2n) is 7.31. The fourth-order valence-corrected chi connectivity index (χ4v) is 6.30. The zero-order chi connectivity index (χ0) is 26.3. The predicted molar refractivity (Wildman–Crippen MR) is 135 cm³/mol. The van der Waals surface area contributed by atoms with E-state index in [1.54, 1.807) is 6.08 Å². The molecule has 0 aliphatic carbocycles. The maximum atomic E-state index is 13.2. The highest BCUT2D eigenvalue weighted by Gasteiger charge is 2.53. The molecular formula is C22H24N2O8S3. The Morgan fingerprint density at radius 2 is 1.80 bits per heavy atom. The van der Waals surface area contributed by atoms with Crippen LogP contribution < -0.4 is 0 Å². The van der Waals surface area contributed by atoms with E-state index in [-0.39, 0.29) is 22.2 Å². The third-order valence-corrected chi connectivity index (χ3v) is 7.71. The molecule has 1 heterocycles. The summed E-state index contributed by atoms with van der Waals surface area (Å²) in [6.45, 7) is 7.36. The molecule has 1 N–H and O–H groups in total. The number of carbonyl (C=O) groups is 4. The fraction of sp³-hybridized carbons (Fsp3) is 0.364. The van der Waals surface area contributed by atoms with Gasteiger partial charge in [-0.05, 0) is 48.1 Å². The van der Waals surface area contributed by atoms with E-state index in [1.165, 1.54) is 56.8 Å². The van der Waals surface area contributed by atoms with Gasteiger partial charge < -0.3 is 9.84 Å². The number of esters is 1. The first kappa shape index (κ1) is 28.6. The van der Waals surface area contributed by atoms with Crippen molar-refractivity contribution < 1.29 is 33.9 Å². The second-order valence-corrected chi connectivity index (χ2v) is 11.1. The molecule has 1 aliphatic heterocycles. The number of likely N-dealkylation sites (tertiary alicyclic amines) is 1. The lowest BCUT2D eigenvalue weighted by Crippen LogP contribution is -2.63. The number of nitro groups is 1. The molecule has 13 heteroatoms. The van der Waals surface area contributed by atoms with Crippen LogP contribution in [0.15, 0.2) is 46.9 Å². The van der Waals surface area contributed by atoms with Crippen LogP contribution in [0.1, 0.15) is 26.3 Å². The normalized spacial score (nSPS) is 17.7. The summed E-state index contributed by atoms with van der Waals surface area (Å²) in [6.07, 6.45) is 0.610. The molecule has 0 bridgehead atoms. The summed E-state index contributed by atoms with van der Waals surface area (Å²) in [7, 11) is 0. The zero-order valence-electron chi connectivity index (χ0n) is 19.2. The van der Waals surface area contributed by atoms with Gasteiger partial charge in [0.25, 0.3) is 5.69 Å². The monoisotopic (exact) mass is 540 g/mol. The van der Waals surface area contributed by atoms with Crippen LogP contribution in [0.4, 0.5) is 5.69 Å². The number of β-lactam (4-membered cyclic amide) rings is 1. The smallest absolute Gasteiger partial charge is 0.357 e. The van der Waals surface area contributed by atoms with Crippen LogP contribution in [-0.4, -0.2) is 54.3 Å². The SMILES string of the molecule is C=CCS[C@@H]1[C@@H]([C@@H](C)O)C(=O)N1C(C(=O)OCc1ccc([N+](=O)[O-])cc1)=C(SC(C)=O)SC(C)=O. The Morgan fingerprint density at radius 3 is 2.26 bits per heavy atom.